The third kappa shape index (κ3) is 3.93. The monoisotopic (exact) mass is 408 g/mol. The van der Waals surface area contributed by atoms with Crippen molar-refractivity contribution in [1.29, 1.82) is 0 Å². The van der Waals surface area contributed by atoms with E-state index in [-0.39, 0.29) is 11.5 Å². The number of hydrogen-bond donors (Lipinski definition) is 1. The molecule has 0 aliphatic heterocycles. The van der Waals surface area contributed by atoms with E-state index >= 15 is 0 Å². The van der Waals surface area contributed by atoms with E-state index in [9.17, 15) is 18.0 Å². The van der Waals surface area contributed by atoms with E-state index in [0.29, 0.717) is 4.68 Å². The zero-order valence-electron chi connectivity index (χ0n) is 15.5. The van der Waals surface area contributed by atoms with Gasteiger partial charge in [-0.25, -0.2) is 9.67 Å². The van der Waals surface area contributed by atoms with Gasteiger partial charge in [-0.05, 0) is 29.8 Å². The highest BCUT2D eigenvalue weighted by Gasteiger charge is 2.40. The number of nitrogens with zero attached hydrogens (tertiary/aromatic N) is 3. The first-order chi connectivity index (χ1) is 14.4. The largest absolute Gasteiger partial charge is 0.434 e. The van der Waals surface area contributed by atoms with Gasteiger partial charge in [0.2, 0.25) is 0 Å². The number of aromatic nitrogens is 3. The van der Waals surface area contributed by atoms with Crippen LogP contribution >= 0.6 is 0 Å². The molecule has 2 aromatic heterocycles. The van der Waals surface area contributed by atoms with E-state index in [1.54, 1.807) is 30.5 Å². The SMILES string of the molecule is O=C(Nc1ccc(-c2ccccc2)cn1)c1cnn(-c2ccccc2)c1C(F)(F)F. The molecule has 2 aromatic carbocycles. The fraction of sp³-hybridized carbons (Fsp3) is 0.0455. The molecular formula is C22H15F3N4O. The fourth-order valence-electron chi connectivity index (χ4n) is 3.01. The minimum Gasteiger partial charge on any atom is -0.306 e. The Morgan fingerprint density at radius 2 is 1.50 bits per heavy atom. The highest BCUT2D eigenvalue weighted by atomic mass is 19.4. The van der Waals surface area contributed by atoms with Crippen LogP contribution < -0.4 is 5.32 Å². The van der Waals surface area contributed by atoms with Gasteiger partial charge in [-0.1, -0.05) is 48.5 Å². The molecule has 8 heteroatoms. The lowest BCUT2D eigenvalue weighted by molar-refractivity contribution is -0.143. The summed E-state index contributed by atoms with van der Waals surface area (Å²) in [6.45, 7) is 0. The van der Waals surface area contributed by atoms with E-state index in [1.165, 1.54) is 18.2 Å². The molecule has 1 amide bonds. The van der Waals surface area contributed by atoms with Crippen LogP contribution in [0.1, 0.15) is 16.1 Å². The third-order valence-electron chi connectivity index (χ3n) is 4.40. The van der Waals surface area contributed by atoms with Gasteiger partial charge in [0, 0.05) is 11.8 Å². The predicted octanol–water partition coefficient (Wildman–Crippen LogP) is 5.21. The van der Waals surface area contributed by atoms with Crippen molar-refractivity contribution in [3.05, 3.63) is 96.4 Å². The Morgan fingerprint density at radius 1 is 0.833 bits per heavy atom. The second-order valence-corrected chi connectivity index (χ2v) is 6.40. The van der Waals surface area contributed by atoms with Crippen LogP contribution in [0.5, 0.6) is 0 Å². The summed E-state index contributed by atoms with van der Waals surface area (Å²) in [4.78, 5) is 16.7. The summed E-state index contributed by atoms with van der Waals surface area (Å²) >= 11 is 0. The molecule has 0 spiro atoms. The van der Waals surface area contributed by atoms with Crippen molar-refractivity contribution in [3.63, 3.8) is 0 Å². The van der Waals surface area contributed by atoms with E-state index in [1.807, 2.05) is 30.3 Å². The van der Waals surface area contributed by atoms with Crippen LogP contribution in [0, 0.1) is 0 Å². The Hall–Kier alpha value is -3.94. The van der Waals surface area contributed by atoms with Crippen molar-refractivity contribution < 1.29 is 18.0 Å². The van der Waals surface area contributed by atoms with Gasteiger partial charge < -0.3 is 5.32 Å². The summed E-state index contributed by atoms with van der Waals surface area (Å²) in [7, 11) is 0. The number of para-hydroxylation sites is 1. The number of carbonyl (C=O) groups excluding carboxylic acids is 1. The van der Waals surface area contributed by atoms with Crippen LogP contribution in [0.4, 0.5) is 19.0 Å². The molecule has 0 fully saturated rings. The first-order valence-corrected chi connectivity index (χ1v) is 8.97. The summed E-state index contributed by atoms with van der Waals surface area (Å²) in [6, 6.07) is 20.6. The summed E-state index contributed by atoms with van der Waals surface area (Å²) < 4.78 is 41.8. The maximum Gasteiger partial charge on any atom is 0.434 e. The van der Waals surface area contributed by atoms with Crippen LogP contribution in [0.15, 0.2) is 85.2 Å². The number of rotatable bonds is 4. The lowest BCUT2D eigenvalue weighted by Crippen LogP contribution is -2.21. The van der Waals surface area contributed by atoms with Crippen LogP contribution in [0.2, 0.25) is 0 Å². The number of carbonyl (C=O) groups is 1. The molecule has 0 saturated heterocycles. The number of amides is 1. The van der Waals surface area contributed by atoms with E-state index in [4.69, 9.17) is 0 Å². The molecule has 4 rings (SSSR count). The summed E-state index contributed by atoms with van der Waals surface area (Å²) in [5.41, 5.74) is 0.231. The first-order valence-electron chi connectivity index (χ1n) is 8.97. The van der Waals surface area contributed by atoms with Gasteiger partial charge in [0.1, 0.15) is 5.82 Å². The van der Waals surface area contributed by atoms with Crippen molar-refractivity contribution >= 4 is 11.7 Å². The number of hydrogen-bond acceptors (Lipinski definition) is 3. The van der Waals surface area contributed by atoms with Crippen molar-refractivity contribution in [2.75, 3.05) is 5.32 Å². The third-order valence-corrected chi connectivity index (χ3v) is 4.40. The number of anilines is 1. The normalized spacial score (nSPS) is 11.3. The predicted molar refractivity (Wildman–Crippen MR) is 106 cm³/mol. The Morgan fingerprint density at radius 3 is 2.10 bits per heavy atom. The Balaban J connectivity index is 1.62. The van der Waals surface area contributed by atoms with Crippen LogP contribution in [-0.2, 0) is 6.18 Å². The van der Waals surface area contributed by atoms with Gasteiger partial charge in [-0.2, -0.15) is 18.3 Å². The van der Waals surface area contributed by atoms with Crippen LogP contribution in [0.3, 0.4) is 0 Å². The first kappa shape index (κ1) is 19.4. The molecule has 30 heavy (non-hydrogen) atoms. The van der Waals surface area contributed by atoms with Crippen molar-refractivity contribution in [3.8, 4) is 16.8 Å². The molecule has 150 valence electrons. The summed E-state index contributed by atoms with van der Waals surface area (Å²) in [5.74, 6) is -0.801. The summed E-state index contributed by atoms with van der Waals surface area (Å²) in [6.07, 6.45) is -2.32. The highest BCUT2D eigenvalue weighted by Crippen LogP contribution is 2.34. The van der Waals surface area contributed by atoms with Gasteiger partial charge in [-0.3, -0.25) is 4.79 Å². The molecule has 4 aromatic rings. The quantitative estimate of drug-likeness (QED) is 0.505. The number of pyridine rings is 1. The Labute approximate surface area is 169 Å². The van der Waals surface area contributed by atoms with Gasteiger partial charge in [0.25, 0.3) is 5.91 Å². The second-order valence-electron chi connectivity index (χ2n) is 6.40. The number of benzene rings is 2. The maximum atomic E-state index is 13.7. The molecular weight excluding hydrogens is 393 g/mol. The molecule has 0 saturated carbocycles. The minimum atomic E-state index is -4.77. The molecule has 0 bridgehead atoms. The van der Waals surface area contributed by atoms with Gasteiger partial charge in [0.05, 0.1) is 17.4 Å². The smallest absolute Gasteiger partial charge is 0.306 e. The maximum absolute atomic E-state index is 13.7. The molecule has 2 heterocycles. The number of halogens is 3. The van der Waals surface area contributed by atoms with E-state index < -0.39 is 23.3 Å². The molecule has 0 unspecified atom stereocenters. The average Bonchev–Trinajstić information content (AvgIpc) is 3.22. The van der Waals surface area contributed by atoms with Gasteiger partial charge >= 0.3 is 6.18 Å². The summed E-state index contributed by atoms with van der Waals surface area (Å²) in [5, 5.41) is 6.20. The average molecular weight is 408 g/mol. The lowest BCUT2D eigenvalue weighted by atomic mass is 10.1. The molecule has 1 N–H and O–H groups in total. The zero-order valence-corrected chi connectivity index (χ0v) is 15.5. The standard InChI is InChI=1S/C22H15F3N4O/c23-22(24,25)20-18(14-27-29(20)17-9-5-2-6-10-17)21(30)28-19-12-11-16(13-26-19)15-7-3-1-4-8-15/h1-14H,(H,26,28,30). The van der Waals surface area contributed by atoms with Crippen LogP contribution in [0.25, 0.3) is 16.8 Å². The Bertz CT molecular complexity index is 1150. The topological polar surface area (TPSA) is 59.8 Å². The molecule has 0 radical (unpaired) electrons. The van der Waals surface area contributed by atoms with Crippen molar-refractivity contribution in [1.82, 2.24) is 14.8 Å². The molecule has 0 aliphatic carbocycles. The minimum absolute atomic E-state index is 0.139. The van der Waals surface area contributed by atoms with E-state index in [2.05, 4.69) is 15.4 Å². The second kappa shape index (κ2) is 7.82. The lowest BCUT2D eigenvalue weighted by Gasteiger charge is -2.12. The fourth-order valence-corrected chi connectivity index (χ4v) is 3.01. The van der Waals surface area contributed by atoms with Crippen molar-refractivity contribution in [2.45, 2.75) is 6.18 Å². The molecule has 0 aliphatic rings. The Kier molecular flexibility index (Phi) is 5.05. The van der Waals surface area contributed by atoms with Crippen LogP contribution in [-0.4, -0.2) is 20.7 Å². The molecule has 0 atom stereocenters. The number of nitrogens with one attached hydrogen (secondary N) is 1. The number of alkyl halides is 3. The molecule has 5 nitrogen and oxygen atoms in total. The van der Waals surface area contributed by atoms with E-state index in [0.717, 1.165) is 17.3 Å². The van der Waals surface area contributed by atoms with Gasteiger partial charge in [0.15, 0.2) is 5.69 Å². The van der Waals surface area contributed by atoms with Gasteiger partial charge in [-0.15, -0.1) is 0 Å². The van der Waals surface area contributed by atoms with Crippen molar-refractivity contribution in [2.24, 2.45) is 0 Å². The highest BCUT2D eigenvalue weighted by molar-refractivity contribution is 6.04. The zero-order chi connectivity index (χ0) is 21.1.